The maximum atomic E-state index is 11.9. The zero-order valence-corrected chi connectivity index (χ0v) is 14.2. The van der Waals surface area contributed by atoms with E-state index in [1.807, 2.05) is 18.2 Å². The average Bonchev–Trinajstić information content (AvgIpc) is 2.61. The second-order valence-corrected chi connectivity index (χ2v) is 5.96. The molecule has 0 aliphatic heterocycles. The molecule has 5 nitrogen and oxygen atoms in total. The number of anilines is 1. The number of para-hydroxylation sites is 1. The van der Waals surface area contributed by atoms with Gasteiger partial charge in [-0.15, -0.1) is 0 Å². The summed E-state index contributed by atoms with van der Waals surface area (Å²) in [6.45, 7) is 0.421. The highest BCUT2D eigenvalue weighted by molar-refractivity contribution is 6.33. The van der Waals surface area contributed by atoms with Gasteiger partial charge in [0.1, 0.15) is 5.75 Å². The number of hydrogen-bond donors (Lipinski definition) is 2. The molecule has 2 aromatic carbocycles. The van der Waals surface area contributed by atoms with Crippen LogP contribution < -0.4 is 15.6 Å². The quantitative estimate of drug-likeness (QED) is 0.656. The molecule has 0 spiro atoms. The molecule has 3 aromatic rings. The lowest BCUT2D eigenvalue weighted by atomic mass is 10.2. The Balaban J connectivity index is 1.48. The Morgan fingerprint density at radius 1 is 1.12 bits per heavy atom. The lowest BCUT2D eigenvalue weighted by molar-refractivity contribution is -0.116. The summed E-state index contributed by atoms with van der Waals surface area (Å²) in [4.78, 5) is 25.9. The second-order valence-electron chi connectivity index (χ2n) is 5.55. The van der Waals surface area contributed by atoms with E-state index >= 15 is 0 Å². The van der Waals surface area contributed by atoms with Crippen molar-refractivity contribution in [1.29, 1.82) is 0 Å². The van der Waals surface area contributed by atoms with Crippen LogP contribution in [0.5, 0.6) is 5.75 Å². The number of fused-ring (bicyclic) bond motifs is 1. The first-order valence-electron chi connectivity index (χ1n) is 7.92. The molecular weight excluding hydrogens is 340 g/mol. The Hall–Kier alpha value is -2.79. The summed E-state index contributed by atoms with van der Waals surface area (Å²) in [6, 6.07) is 15.8. The number of aromatic nitrogens is 1. The highest BCUT2D eigenvalue weighted by Crippen LogP contribution is 2.21. The van der Waals surface area contributed by atoms with Crippen LogP contribution >= 0.6 is 11.6 Å². The number of amides is 1. The van der Waals surface area contributed by atoms with Gasteiger partial charge >= 0.3 is 0 Å². The number of carbonyl (C=O) groups is 1. The third-order valence-corrected chi connectivity index (χ3v) is 3.99. The van der Waals surface area contributed by atoms with Crippen LogP contribution in [0.15, 0.2) is 59.4 Å². The molecule has 1 heterocycles. The van der Waals surface area contributed by atoms with Gasteiger partial charge in [-0.3, -0.25) is 9.59 Å². The molecule has 0 aliphatic carbocycles. The molecule has 2 N–H and O–H groups in total. The van der Waals surface area contributed by atoms with Crippen LogP contribution in [-0.4, -0.2) is 17.5 Å². The van der Waals surface area contributed by atoms with Crippen LogP contribution in [0.25, 0.3) is 10.9 Å². The van der Waals surface area contributed by atoms with Gasteiger partial charge in [-0.25, -0.2) is 0 Å². The van der Waals surface area contributed by atoms with E-state index in [0.29, 0.717) is 35.9 Å². The first-order chi connectivity index (χ1) is 12.1. The molecule has 0 saturated carbocycles. The number of pyridine rings is 1. The van der Waals surface area contributed by atoms with E-state index in [-0.39, 0.29) is 11.5 Å². The van der Waals surface area contributed by atoms with Gasteiger partial charge < -0.3 is 15.0 Å². The smallest absolute Gasteiger partial charge is 0.248 e. The van der Waals surface area contributed by atoms with Crippen molar-refractivity contribution in [2.45, 2.75) is 12.8 Å². The maximum absolute atomic E-state index is 11.9. The van der Waals surface area contributed by atoms with Gasteiger partial charge in [0.05, 0.1) is 17.3 Å². The van der Waals surface area contributed by atoms with Gasteiger partial charge in [0.15, 0.2) is 0 Å². The lowest BCUT2D eigenvalue weighted by Crippen LogP contribution is -2.13. The second kappa shape index (κ2) is 7.85. The van der Waals surface area contributed by atoms with E-state index in [9.17, 15) is 9.59 Å². The lowest BCUT2D eigenvalue weighted by Gasteiger charge is -2.08. The fraction of sp³-hybridized carbons (Fsp3) is 0.158. The summed E-state index contributed by atoms with van der Waals surface area (Å²) in [5.74, 6) is 0.596. The van der Waals surface area contributed by atoms with Crippen molar-refractivity contribution in [2.75, 3.05) is 11.9 Å². The number of nitrogens with one attached hydrogen (secondary N) is 2. The number of halogens is 1. The fourth-order valence-electron chi connectivity index (χ4n) is 2.42. The SMILES string of the molecule is O=C(CCCOc1ccc2[nH]c(=O)ccc2c1)Nc1ccccc1Cl. The van der Waals surface area contributed by atoms with Crippen LogP contribution in [0.2, 0.25) is 5.02 Å². The minimum absolute atomic E-state index is 0.104. The third-order valence-electron chi connectivity index (χ3n) is 3.66. The number of hydrogen-bond acceptors (Lipinski definition) is 3. The van der Waals surface area contributed by atoms with Crippen LogP contribution in [0.4, 0.5) is 5.69 Å². The molecule has 3 rings (SSSR count). The molecule has 0 atom stereocenters. The van der Waals surface area contributed by atoms with Crippen LogP contribution in [0.1, 0.15) is 12.8 Å². The Morgan fingerprint density at radius 2 is 1.96 bits per heavy atom. The number of carbonyl (C=O) groups excluding carboxylic acids is 1. The minimum Gasteiger partial charge on any atom is -0.494 e. The van der Waals surface area contributed by atoms with Gasteiger partial charge in [0, 0.05) is 23.4 Å². The summed E-state index contributed by atoms with van der Waals surface area (Å²) >= 11 is 6.01. The summed E-state index contributed by atoms with van der Waals surface area (Å²) in [5.41, 5.74) is 1.24. The van der Waals surface area contributed by atoms with Crippen LogP contribution in [-0.2, 0) is 4.79 Å². The number of aromatic amines is 1. The Morgan fingerprint density at radius 3 is 2.80 bits per heavy atom. The Labute approximate surface area is 149 Å². The van der Waals surface area contributed by atoms with E-state index in [2.05, 4.69) is 10.3 Å². The first kappa shape index (κ1) is 17.0. The number of ether oxygens (including phenoxy) is 1. The van der Waals surface area contributed by atoms with Gasteiger partial charge in [0.2, 0.25) is 11.5 Å². The van der Waals surface area contributed by atoms with Gasteiger partial charge in [-0.1, -0.05) is 23.7 Å². The molecule has 0 radical (unpaired) electrons. The van der Waals surface area contributed by atoms with Crippen molar-refractivity contribution in [3.05, 3.63) is 70.0 Å². The van der Waals surface area contributed by atoms with Crippen molar-refractivity contribution < 1.29 is 9.53 Å². The molecule has 0 aliphatic rings. The summed E-state index contributed by atoms with van der Waals surface area (Å²) in [7, 11) is 0. The average molecular weight is 357 g/mol. The highest BCUT2D eigenvalue weighted by Gasteiger charge is 2.05. The molecular formula is C19H17ClN2O3. The van der Waals surface area contributed by atoms with Gasteiger partial charge in [0.25, 0.3) is 0 Å². The van der Waals surface area contributed by atoms with E-state index in [1.54, 1.807) is 30.3 Å². The third kappa shape index (κ3) is 4.61. The van der Waals surface area contributed by atoms with E-state index < -0.39 is 0 Å². The highest BCUT2D eigenvalue weighted by atomic mass is 35.5. The predicted molar refractivity (Wildman–Crippen MR) is 99.4 cm³/mol. The normalized spacial score (nSPS) is 10.6. The summed E-state index contributed by atoms with van der Waals surface area (Å²) in [6.07, 6.45) is 0.923. The predicted octanol–water partition coefficient (Wildman–Crippen LogP) is 3.98. The standard InChI is InChI=1S/C19H17ClN2O3/c20-15-4-1-2-5-17(15)22-18(23)6-3-11-25-14-8-9-16-13(12-14)7-10-19(24)21-16/h1-2,4-5,7-10,12H,3,6,11H2,(H,21,24)(H,22,23). The number of benzene rings is 2. The molecule has 25 heavy (non-hydrogen) atoms. The van der Waals surface area contributed by atoms with Crippen LogP contribution in [0.3, 0.4) is 0 Å². The monoisotopic (exact) mass is 356 g/mol. The molecule has 6 heteroatoms. The van der Waals surface area contributed by atoms with E-state index in [1.165, 1.54) is 6.07 Å². The fourth-order valence-corrected chi connectivity index (χ4v) is 2.60. The summed E-state index contributed by atoms with van der Waals surface area (Å²) < 4.78 is 5.67. The largest absolute Gasteiger partial charge is 0.494 e. The first-order valence-corrected chi connectivity index (χ1v) is 8.30. The van der Waals surface area contributed by atoms with E-state index in [4.69, 9.17) is 16.3 Å². The molecule has 0 unspecified atom stereocenters. The van der Waals surface area contributed by atoms with Gasteiger partial charge in [-0.05, 0) is 42.8 Å². The zero-order chi connectivity index (χ0) is 17.6. The maximum Gasteiger partial charge on any atom is 0.248 e. The molecule has 1 amide bonds. The van der Waals surface area contributed by atoms with E-state index in [0.717, 1.165) is 10.9 Å². The number of H-pyrrole nitrogens is 1. The molecule has 0 bridgehead atoms. The van der Waals surface area contributed by atoms with Crippen molar-refractivity contribution >= 4 is 34.1 Å². The Kier molecular flexibility index (Phi) is 5.36. The van der Waals surface area contributed by atoms with Crippen molar-refractivity contribution in [3.8, 4) is 5.75 Å². The van der Waals surface area contributed by atoms with Crippen molar-refractivity contribution in [1.82, 2.24) is 4.98 Å². The molecule has 1 aromatic heterocycles. The van der Waals surface area contributed by atoms with Crippen molar-refractivity contribution in [2.24, 2.45) is 0 Å². The molecule has 128 valence electrons. The topological polar surface area (TPSA) is 71.2 Å². The van der Waals surface area contributed by atoms with Crippen molar-refractivity contribution in [3.63, 3.8) is 0 Å². The van der Waals surface area contributed by atoms with Crippen LogP contribution in [0, 0.1) is 0 Å². The molecule has 0 fully saturated rings. The van der Waals surface area contributed by atoms with Gasteiger partial charge in [-0.2, -0.15) is 0 Å². The summed E-state index contributed by atoms with van der Waals surface area (Å²) in [5, 5.41) is 4.19. The Bertz CT molecular complexity index is 953. The zero-order valence-electron chi connectivity index (χ0n) is 13.4. The minimum atomic E-state index is -0.134. The number of rotatable bonds is 6. The molecule has 0 saturated heterocycles.